The minimum atomic E-state index is -0.446. The predicted octanol–water partition coefficient (Wildman–Crippen LogP) is 2.48. The minimum Gasteiger partial charge on any atom is -0.370 e. The molecule has 0 radical (unpaired) electrons. The molecule has 0 atom stereocenters. The van der Waals surface area contributed by atoms with Crippen LogP contribution >= 0.6 is 23.1 Å². The van der Waals surface area contributed by atoms with E-state index in [4.69, 9.17) is 5.73 Å². The average Bonchev–Trinajstić information content (AvgIpc) is 3.34. The molecule has 2 heterocycles. The zero-order valence-electron chi connectivity index (χ0n) is 17.3. The highest BCUT2D eigenvalue weighted by atomic mass is 32.2. The number of hydrogen-bond acceptors (Lipinski definition) is 6. The first-order valence-corrected chi connectivity index (χ1v) is 12.0. The van der Waals surface area contributed by atoms with Crippen LogP contribution in [-0.2, 0) is 36.0 Å². The van der Waals surface area contributed by atoms with E-state index in [1.165, 1.54) is 21.2 Å². The number of aryl methyl sites for hydroxylation is 2. The van der Waals surface area contributed by atoms with Crippen molar-refractivity contribution < 1.29 is 9.59 Å². The molecule has 1 aliphatic carbocycles. The maximum Gasteiger partial charge on any atom is 0.262 e. The molecule has 2 aromatic heterocycles. The smallest absolute Gasteiger partial charge is 0.262 e. The van der Waals surface area contributed by atoms with E-state index in [1.54, 1.807) is 23.3 Å². The van der Waals surface area contributed by atoms with Crippen molar-refractivity contribution in [1.82, 2.24) is 14.5 Å². The number of hydrogen-bond donors (Lipinski definition) is 1. The van der Waals surface area contributed by atoms with Gasteiger partial charge in [-0.3, -0.25) is 19.0 Å². The van der Waals surface area contributed by atoms with Crippen molar-refractivity contribution in [2.45, 2.75) is 37.4 Å². The largest absolute Gasteiger partial charge is 0.370 e. The number of thioether (sulfide) groups is 1. The van der Waals surface area contributed by atoms with Gasteiger partial charge in [0, 0.05) is 31.4 Å². The Morgan fingerprint density at radius 3 is 2.77 bits per heavy atom. The lowest BCUT2D eigenvalue weighted by atomic mass is 10.2. The Labute approximate surface area is 188 Å². The molecule has 0 saturated carbocycles. The molecule has 2 amide bonds. The molecule has 31 heavy (non-hydrogen) atoms. The van der Waals surface area contributed by atoms with E-state index in [1.807, 2.05) is 30.3 Å². The van der Waals surface area contributed by atoms with Crippen LogP contribution in [0.1, 0.15) is 28.8 Å². The number of nitrogens with zero attached hydrogens (tertiary/aromatic N) is 3. The quantitative estimate of drug-likeness (QED) is 0.415. The van der Waals surface area contributed by atoms with E-state index in [2.05, 4.69) is 4.98 Å². The summed E-state index contributed by atoms with van der Waals surface area (Å²) in [5, 5.41) is 1.27. The number of fused-ring (bicyclic) bond motifs is 3. The molecular formula is C22H24N4O3S2. The molecule has 1 aliphatic rings. The second kappa shape index (κ2) is 9.23. The van der Waals surface area contributed by atoms with Gasteiger partial charge in [-0.1, -0.05) is 42.1 Å². The van der Waals surface area contributed by atoms with E-state index in [-0.39, 0.29) is 30.2 Å². The molecule has 0 bridgehead atoms. The van der Waals surface area contributed by atoms with Crippen LogP contribution in [-0.4, -0.2) is 38.6 Å². The van der Waals surface area contributed by atoms with E-state index in [9.17, 15) is 14.4 Å². The topological polar surface area (TPSA) is 98.3 Å². The Morgan fingerprint density at radius 2 is 2.03 bits per heavy atom. The molecule has 9 heteroatoms. The molecule has 0 fully saturated rings. The van der Waals surface area contributed by atoms with Gasteiger partial charge in [0.25, 0.3) is 5.56 Å². The number of aromatic nitrogens is 2. The van der Waals surface area contributed by atoms with Crippen LogP contribution in [0.3, 0.4) is 0 Å². The van der Waals surface area contributed by atoms with Crippen LogP contribution in [0.2, 0.25) is 0 Å². The Bertz CT molecular complexity index is 1190. The molecule has 2 N–H and O–H groups in total. The zero-order chi connectivity index (χ0) is 22.0. The van der Waals surface area contributed by atoms with E-state index >= 15 is 0 Å². The molecule has 3 aromatic rings. The summed E-state index contributed by atoms with van der Waals surface area (Å²) in [6, 6.07) is 9.61. The first kappa shape index (κ1) is 21.6. The summed E-state index contributed by atoms with van der Waals surface area (Å²) in [6.45, 7) is 0.656. The van der Waals surface area contributed by atoms with Crippen LogP contribution in [0.4, 0.5) is 0 Å². The maximum atomic E-state index is 12.9. The third kappa shape index (κ3) is 4.67. The summed E-state index contributed by atoms with van der Waals surface area (Å²) < 4.78 is 1.54. The van der Waals surface area contributed by atoms with Gasteiger partial charge in [0.15, 0.2) is 5.16 Å². The van der Waals surface area contributed by atoms with Crippen LogP contribution < -0.4 is 11.3 Å². The Balaban J connectivity index is 1.51. The Morgan fingerprint density at radius 1 is 1.26 bits per heavy atom. The third-order valence-electron chi connectivity index (χ3n) is 5.43. The summed E-state index contributed by atoms with van der Waals surface area (Å²) >= 11 is 2.84. The van der Waals surface area contributed by atoms with Crippen molar-refractivity contribution in [2.24, 2.45) is 12.8 Å². The number of carbonyl (C=O) groups excluding carboxylic acids is 2. The van der Waals surface area contributed by atoms with Crippen molar-refractivity contribution >= 4 is 45.1 Å². The fourth-order valence-corrected chi connectivity index (χ4v) is 5.97. The first-order chi connectivity index (χ1) is 14.9. The summed E-state index contributed by atoms with van der Waals surface area (Å²) in [5.74, 6) is -0.445. The predicted molar refractivity (Wildman–Crippen MR) is 123 cm³/mol. The molecular weight excluding hydrogens is 432 g/mol. The molecule has 4 rings (SSSR count). The van der Waals surface area contributed by atoms with Gasteiger partial charge in [0.1, 0.15) is 4.83 Å². The van der Waals surface area contributed by atoms with Gasteiger partial charge in [-0.15, -0.1) is 11.3 Å². The van der Waals surface area contributed by atoms with Crippen LogP contribution in [0.15, 0.2) is 40.3 Å². The van der Waals surface area contributed by atoms with Gasteiger partial charge in [0.05, 0.1) is 11.1 Å². The van der Waals surface area contributed by atoms with Crippen LogP contribution in [0.5, 0.6) is 0 Å². The number of amides is 2. The lowest BCUT2D eigenvalue weighted by Gasteiger charge is -2.22. The SMILES string of the molecule is Cn1c(SCC(=O)N(CCC(N)=O)Cc2ccccc2)nc2sc3c(c2c1=O)CCC3. The monoisotopic (exact) mass is 456 g/mol. The van der Waals surface area contributed by atoms with Gasteiger partial charge in [-0.25, -0.2) is 4.98 Å². The summed E-state index contributed by atoms with van der Waals surface area (Å²) in [6.07, 6.45) is 3.14. The molecule has 7 nitrogen and oxygen atoms in total. The van der Waals surface area contributed by atoms with Gasteiger partial charge in [0.2, 0.25) is 11.8 Å². The lowest BCUT2D eigenvalue weighted by molar-refractivity contribution is -0.129. The molecule has 1 aromatic carbocycles. The summed E-state index contributed by atoms with van der Waals surface area (Å²) in [7, 11) is 1.70. The number of nitrogens with two attached hydrogens (primary N) is 1. The zero-order valence-corrected chi connectivity index (χ0v) is 18.9. The Kier molecular flexibility index (Phi) is 6.43. The fourth-order valence-electron chi connectivity index (χ4n) is 3.79. The van der Waals surface area contributed by atoms with Crippen LogP contribution in [0, 0.1) is 0 Å². The Hall–Kier alpha value is -2.65. The summed E-state index contributed by atoms with van der Waals surface area (Å²) in [4.78, 5) is 45.5. The molecule has 0 unspecified atom stereocenters. The number of benzene rings is 1. The normalized spacial score (nSPS) is 12.8. The first-order valence-electron chi connectivity index (χ1n) is 10.2. The molecule has 0 aliphatic heterocycles. The highest BCUT2D eigenvalue weighted by molar-refractivity contribution is 7.99. The van der Waals surface area contributed by atoms with Crippen molar-refractivity contribution in [2.75, 3.05) is 12.3 Å². The van der Waals surface area contributed by atoms with Gasteiger partial charge in [-0.05, 0) is 30.4 Å². The average molecular weight is 457 g/mol. The van der Waals surface area contributed by atoms with Gasteiger partial charge in [-0.2, -0.15) is 0 Å². The highest BCUT2D eigenvalue weighted by Gasteiger charge is 2.23. The summed E-state index contributed by atoms with van der Waals surface area (Å²) in [5.41, 5.74) is 7.37. The molecule has 162 valence electrons. The third-order valence-corrected chi connectivity index (χ3v) is 7.63. The second-order valence-corrected chi connectivity index (χ2v) is 9.63. The minimum absolute atomic E-state index is 0.0470. The van der Waals surface area contributed by atoms with Crippen molar-refractivity contribution in [3.8, 4) is 0 Å². The van der Waals surface area contributed by atoms with E-state index < -0.39 is 5.91 Å². The molecule has 0 saturated heterocycles. The highest BCUT2D eigenvalue weighted by Crippen LogP contribution is 2.35. The van der Waals surface area contributed by atoms with Crippen molar-refractivity contribution in [1.29, 1.82) is 0 Å². The van der Waals surface area contributed by atoms with E-state index in [0.29, 0.717) is 11.7 Å². The van der Waals surface area contributed by atoms with Crippen LogP contribution in [0.25, 0.3) is 10.2 Å². The van der Waals surface area contributed by atoms with Crippen molar-refractivity contribution in [3.63, 3.8) is 0 Å². The number of primary amides is 1. The van der Waals surface area contributed by atoms with Gasteiger partial charge >= 0.3 is 0 Å². The number of thiophene rings is 1. The molecule has 0 spiro atoms. The number of carbonyl (C=O) groups is 2. The standard InChI is InChI=1S/C22H24N4O3S2/c1-25-21(29)19-15-8-5-9-16(15)31-20(19)24-22(25)30-13-18(28)26(11-10-17(23)27)12-14-6-3-2-4-7-14/h2-4,6-7H,5,8-13H2,1H3,(H2,23,27). The van der Waals surface area contributed by atoms with E-state index in [0.717, 1.165) is 40.6 Å². The van der Waals surface area contributed by atoms with Crippen molar-refractivity contribution in [3.05, 3.63) is 56.7 Å². The maximum absolute atomic E-state index is 12.9. The number of rotatable bonds is 8. The lowest BCUT2D eigenvalue weighted by Crippen LogP contribution is -2.35. The second-order valence-electron chi connectivity index (χ2n) is 7.60. The van der Waals surface area contributed by atoms with Gasteiger partial charge < -0.3 is 10.6 Å². The fraction of sp³-hybridized carbons (Fsp3) is 0.364.